The molecule has 0 spiro atoms. The highest BCUT2D eigenvalue weighted by Gasteiger charge is 2.32. The molecule has 2 aromatic carbocycles. The first-order chi connectivity index (χ1) is 13.4. The predicted molar refractivity (Wildman–Crippen MR) is 114 cm³/mol. The van der Waals surface area contributed by atoms with E-state index in [-0.39, 0.29) is 5.92 Å². The van der Waals surface area contributed by atoms with E-state index in [0.717, 1.165) is 15.4 Å². The number of ketones is 1. The maximum absolute atomic E-state index is 13.1. The standard InChI is InChI=1S/C22H21BrN2O3/c1-13(2)20(16-10-9-14(23)12-19(16)28-3)21(26)22(27)25-18-8-4-7-17-15(18)6-5-11-24-17/h4-13,20H,1-3H3,(H,25,27). The Morgan fingerprint density at radius 1 is 1.11 bits per heavy atom. The number of benzene rings is 2. The van der Waals surface area contributed by atoms with Gasteiger partial charge in [-0.25, -0.2) is 0 Å². The molecule has 1 aromatic heterocycles. The molecule has 1 amide bonds. The largest absolute Gasteiger partial charge is 0.496 e. The van der Waals surface area contributed by atoms with Gasteiger partial charge in [0.05, 0.1) is 24.2 Å². The lowest BCUT2D eigenvalue weighted by Crippen LogP contribution is -2.31. The third-order valence-corrected chi connectivity index (χ3v) is 5.09. The molecule has 0 aliphatic heterocycles. The van der Waals surface area contributed by atoms with Gasteiger partial charge in [0.25, 0.3) is 5.91 Å². The molecular weight excluding hydrogens is 420 g/mol. The Kier molecular flexibility index (Phi) is 6.09. The van der Waals surface area contributed by atoms with Crippen LogP contribution in [0.1, 0.15) is 25.3 Å². The zero-order valence-corrected chi connectivity index (χ0v) is 17.5. The lowest BCUT2D eigenvalue weighted by molar-refractivity contribution is -0.136. The zero-order chi connectivity index (χ0) is 20.3. The molecule has 0 aliphatic carbocycles. The van der Waals surface area contributed by atoms with E-state index < -0.39 is 17.6 Å². The van der Waals surface area contributed by atoms with Gasteiger partial charge in [0.15, 0.2) is 0 Å². The summed E-state index contributed by atoms with van der Waals surface area (Å²) < 4.78 is 6.28. The Morgan fingerprint density at radius 3 is 2.61 bits per heavy atom. The van der Waals surface area contributed by atoms with Crippen LogP contribution in [0.3, 0.4) is 0 Å². The van der Waals surface area contributed by atoms with Crippen LogP contribution in [-0.2, 0) is 9.59 Å². The summed E-state index contributed by atoms with van der Waals surface area (Å²) in [4.78, 5) is 30.2. The molecule has 5 nitrogen and oxygen atoms in total. The Hall–Kier alpha value is -2.73. The van der Waals surface area contributed by atoms with Crippen LogP contribution >= 0.6 is 15.9 Å². The molecule has 0 aliphatic rings. The predicted octanol–water partition coefficient (Wildman–Crippen LogP) is 4.95. The van der Waals surface area contributed by atoms with Crippen LogP contribution in [0, 0.1) is 5.92 Å². The van der Waals surface area contributed by atoms with E-state index >= 15 is 0 Å². The molecule has 28 heavy (non-hydrogen) atoms. The van der Waals surface area contributed by atoms with E-state index in [1.807, 2.05) is 38.1 Å². The van der Waals surface area contributed by atoms with Crippen LogP contribution in [0.5, 0.6) is 5.75 Å². The van der Waals surface area contributed by atoms with Crippen molar-refractivity contribution < 1.29 is 14.3 Å². The first-order valence-corrected chi connectivity index (χ1v) is 9.74. The zero-order valence-electron chi connectivity index (χ0n) is 15.9. The summed E-state index contributed by atoms with van der Waals surface area (Å²) in [5, 5.41) is 3.55. The van der Waals surface area contributed by atoms with Crippen LogP contribution in [0.2, 0.25) is 0 Å². The van der Waals surface area contributed by atoms with Crippen molar-refractivity contribution in [2.75, 3.05) is 12.4 Å². The SMILES string of the molecule is COc1cc(Br)ccc1C(C(=O)C(=O)Nc1cccc2ncccc12)C(C)C. The van der Waals surface area contributed by atoms with Crippen LogP contribution in [0.4, 0.5) is 5.69 Å². The summed E-state index contributed by atoms with van der Waals surface area (Å²) in [6.07, 6.45) is 1.69. The number of nitrogens with zero attached hydrogens (tertiary/aromatic N) is 1. The van der Waals surface area contributed by atoms with Gasteiger partial charge in [0.2, 0.25) is 5.78 Å². The Balaban J connectivity index is 1.93. The van der Waals surface area contributed by atoms with Gasteiger partial charge in [0, 0.05) is 21.6 Å². The molecule has 0 fully saturated rings. The van der Waals surface area contributed by atoms with Crippen LogP contribution in [0.25, 0.3) is 10.9 Å². The van der Waals surface area contributed by atoms with Gasteiger partial charge >= 0.3 is 0 Å². The quantitative estimate of drug-likeness (QED) is 0.550. The molecule has 3 rings (SSSR count). The number of hydrogen-bond acceptors (Lipinski definition) is 4. The van der Waals surface area contributed by atoms with E-state index in [0.29, 0.717) is 17.0 Å². The number of Topliss-reactive ketones (excluding diaryl/α,β-unsaturated/α-hetero) is 1. The molecular formula is C22H21BrN2O3. The Morgan fingerprint density at radius 2 is 1.89 bits per heavy atom. The second kappa shape index (κ2) is 8.52. The number of aromatic nitrogens is 1. The fourth-order valence-corrected chi connectivity index (χ4v) is 3.62. The van der Waals surface area contributed by atoms with Crippen molar-refractivity contribution in [2.45, 2.75) is 19.8 Å². The van der Waals surface area contributed by atoms with Crippen LogP contribution in [-0.4, -0.2) is 23.8 Å². The van der Waals surface area contributed by atoms with Crippen molar-refractivity contribution in [3.05, 3.63) is 64.8 Å². The fourth-order valence-electron chi connectivity index (χ4n) is 3.28. The maximum atomic E-state index is 13.1. The van der Waals surface area contributed by atoms with Gasteiger partial charge in [-0.2, -0.15) is 0 Å². The van der Waals surface area contributed by atoms with E-state index in [4.69, 9.17) is 4.74 Å². The summed E-state index contributed by atoms with van der Waals surface area (Å²) in [6.45, 7) is 3.83. The average molecular weight is 441 g/mol. The molecule has 1 heterocycles. The van der Waals surface area contributed by atoms with Crippen molar-refractivity contribution in [3.8, 4) is 5.75 Å². The molecule has 1 atom stereocenters. The van der Waals surface area contributed by atoms with Gasteiger partial charge in [-0.3, -0.25) is 14.6 Å². The smallest absolute Gasteiger partial charge is 0.292 e. The van der Waals surface area contributed by atoms with Crippen LogP contribution in [0.15, 0.2) is 59.2 Å². The average Bonchev–Trinajstić information content (AvgIpc) is 2.69. The number of pyridine rings is 1. The normalized spacial score (nSPS) is 12.0. The molecule has 0 bridgehead atoms. The lowest BCUT2D eigenvalue weighted by Gasteiger charge is -2.22. The summed E-state index contributed by atoms with van der Waals surface area (Å²) in [5.74, 6) is -1.28. The minimum atomic E-state index is -0.653. The van der Waals surface area contributed by atoms with Crippen molar-refractivity contribution in [1.29, 1.82) is 0 Å². The molecule has 0 radical (unpaired) electrons. The summed E-state index contributed by atoms with van der Waals surface area (Å²) in [6, 6.07) is 14.5. The van der Waals surface area contributed by atoms with E-state index in [1.165, 1.54) is 0 Å². The van der Waals surface area contributed by atoms with Gasteiger partial charge in [-0.1, -0.05) is 41.9 Å². The lowest BCUT2D eigenvalue weighted by atomic mass is 9.84. The number of carbonyl (C=O) groups is 2. The maximum Gasteiger partial charge on any atom is 0.292 e. The molecule has 144 valence electrons. The molecule has 3 aromatic rings. The summed E-state index contributed by atoms with van der Waals surface area (Å²) >= 11 is 3.41. The van der Waals surface area contributed by atoms with E-state index in [9.17, 15) is 9.59 Å². The first-order valence-electron chi connectivity index (χ1n) is 8.94. The minimum absolute atomic E-state index is 0.0810. The highest BCUT2D eigenvalue weighted by molar-refractivity contribution is 9.10. The fraction of sp³-hybridized carbons (Fsp3) is 0.227. The number of hydrogen-bond donors (Lipinski definition) is 1. The number of nitrogens with one attached hydrogen (secondary N) is 1. The third kappa shape index (κ3) is 4.07. The van der Waals surface area contributed by atoms with Gasteiger partial charge in [-0.15, -0.1) is 0 Å². The monoisotopic (exact) mass is 440 g/mol. The number of fused-ring (bicyclic) bond motifs is 1. The molecule has 0 saturated carbocycles. The van der Waals surface area contributed by atoms with Gasteiger partial charge in [0.1, 0.15) is 5.75 Å². The first kappa shape index (κ1) is 20.0. The second-order valence-corrected chi connectivity index (χ2v) is 7.72. The summed E-state index contributed by atoms with van der Waals surface area (Å²) in [5.41, 5.74) is 2.01. The number of halogens is 1. The topological polar surface area (TPSA) is 68.3 Å². The highest BCUT2D eigenvalue weighted by Crippen LogP contribution is 2.35. The third-order valence-electron chi connectivity index (χ3n) is 4.60. The number of amides is 1. The van der Waals surface area contributed by atoms with Gasteiger partial charge in [-0.05, 0) is 42.3 Å². The molecule has 0 saturated heterocycles. The number of methoxy groups -OCH3 is 1. The van der Waals surface area contributed by atoms with E-state index in [2.05, 4.69) is 26.2 Å². The Labute approximate surface area is 172 Å². The number of carbonyl (C=O) groups excluding carboxylic acids is 2. The van der Waals surface area contributed by atoms with Crippen molar-refractivity contribution in [1.82, 2.24) is 4.98 Å². The molecule has 1 unspecified atom stereocenters. The van der Waals surface area contributed by atoms with Gasteiger partial charge < -0.3 is 10.1 Å². The molecule has 1 N–H and O–H groups in total. The number of rotatable bonds is 6. The van der Waals surface area contributed by atoms with Crippen molar-refractivity contribution in [3.63, 3.8) is 0 Å². The van der Waals surface area contributed by atoms with E-state index in [1.54, 1.807) is 37.6 Å². The minimum Gasteiger partial charge on any atom is -0.496 e. The molecule has 6 heteroatoms. The number of ether oxygens (including phenoxy) is 1. The Bertz CT molecular complexity index is 1030. The highest BCUT2D eigenvalue weighted by atomic mass is 79.9. The number of anilines is 1. The van der Waals surface area contributed by atoms with Crippen LogP contribution < -0.4 is 10.1 Å². The second-order valence-electron chi connectivity index (χ2n) is 6.80. The van der Waals surface area contributed by atoms with Crippen molar-refractivity contribution >= 4 is 44.2 Å². The van der Waals surface area contributed by atoms with Crippen molar-refractivity contribution in [2.24, 2.45) is 5.92 Å². The summed E-state index contributed by atoms with van der Waals surface area (Å²) in [7, 11) is 1.55.